The molecule has 0 N–H and O–H groups in total. The van der Waals surface area contributed by atoms with Crippen molar-refractivity contribution in [3.05, 3.63) is 200 Å². The second kappa shape index (κ2) is 12.4. The summed E-state index contributed by atoms with van der Waals surface area (Å²) in [5.74, 6) is 0. The molecule has 2 heteroatoms. The molecule has 0 saturated carbocycles. The molecular formula is C52H33NS. The van der Waals surface area contributed by atoms with Crippen LogP contribution in [0.4, 0.5) is 17.1 Å². The van der Waals surface area contributed by atoms with Gasteiger partial charge in [0.2, 0.25) is 0 Å². The van der Waals surface area contributed by atoms with Crippen molar-refractivity contribution in [2.24, 2.45) is 0 Å². The summed E-state index contributed by atoms with van der Waals surface area (Å²) in [5, 5.41) is 12.6. The zero-order valence-corrected chi connectivity index (χ0v) is 30.2. The first-order valence-corrected chi connectivity index (χ1v) is 19.3. The second-order valence-electron chi connectivity index (χ2n) is 14.0. The van der Waals surface area contributed by atoms with E-state index in [1.165, 1.54) is 96.9 Å². The topological polar surface area (TPSA) is 3.24 Å². The molecule has 0 aliphatic carbocycles. The van der Waals surface area contributed by atoms with Gasteiger partial charge in [-0.2, -0.15) is 0 Å². The SMILES string of the molecule is c1ccc(-c2cccc3cccc(-c4ccc(N(c5cc6ccccc6c6ccccc56)c5cc6ccccc6c6c5sc5ccccc56)cc4)c23)cc1. The molecule has 0 radical (unpaired) electrons. The number of anilines is 3. The van der Waals surface area contributed by atoms with E-state index in [9.17, 15) is 0 Å². The van der Waals surface area contributed by atoms with Gasteiger partial charge in [0.05, 0.1) is 16.1 Å². The summed E-state index contributed by atoms with van der Waals surface area (Å²) in [6, 6.07) is 73.5. The van der Waals surface area contributed by atoms with E-state index in [-0.39, 0.29) is 0 Å². The summed E-state index contributed by atoms with van der Waals surface area (Å²) in [6.07, 6.45) is 0. The van der Waals surface area contributed by atoms with Crippen LogP contribution in [0.3, 0.4) is 0 Å². The Bertz CT molecular complexity index is 3210. The zero-order valence-electron chi connectivity index (χ0n) is 29.4. The molecule has 0 spiro atoms. The van der Waals surface area contributed by atoms with Crippen molar-refractivity contribution in [1.82, 2.24) is 0 Å². The number of fused-ring (bicyclic) bond motifs is 9. The van der Waals surface area contributed by atoms with E-state index < -0.39 is 0 Å². The van der Waals surface area contributed by atoms with E-state index in [1.54, 1.807) is 0 Å². The first-order chi connectivity index (χ1) is 26.8. The van der Waals surface area contributed by atoms with Crippen LogP contribution in [0.25, 0.3) is 85.5 Å². The van der Waals surface area contributed by atoms with E-state index >= 15 is 0 Å². The first kappa shape index (κ1) is 30.8. The van der Waals surface area contributed by atoms with Crippen LogP contribution in [0, 0.1) is 0 Å². The van der Waals surface area contributed by atoms with Gasteiger partial charge in [-0.1, -0.05) is 170 Å². The molecule has 54 heavy (non-hydrogen) atoms. The van der Waals surface area contributed by atoms with Gasteiger partial charge in [-0.25, -0.2) is 0 Å². The highest BCUT2D eigenvalue weighted by molar-refractivity contribution is 7.26. The summed E-state index contributed by atoms with van der Waals surface area (Å²) in [6.45, 7) is 0. The number of hydrogen-bond donors (Lipinski definition) is 0. The summed E-state index contributed by atoms with van der Waals surface area (Å²) < 4.78 is 2.59. The van der Waals surface area contributed by atoms with Crippen LogP contribution in [0.15, 0.2) is 200 Å². The van der Waals surface area contributed by atoms with E-state index in [0.29, 0.717) is 0 Å². The summed E-state index contributed by atoms with van der Waals surface area (Å²) in [7, 11) is 0. The van der Waals surface area contributed by atoms with Gasteiger partial charge in [0.25, 0.3) is 0 Å². The van der Waals surface area contributed by atoms with Crippen molar-refractivity contribution < 1.29 is 0 Å². The lowest BCUT2D eigenvalue weighted by atomic mass is 9.91. The molecule has 0 atom stereocenters. The Kier molecular flexibility index (Phi) is 7.11. The van der Waals surface area contributed by atoms with Crippen LogP contribution in [0.5, 0.6) is 0 Å². The third-order valence-corrected chi connectivity index (χ3v) is 12.2. The lowest BCUT2D eigenvalue weighted by Crippen LogP contribution is -2.11. The third-order valence-electron chi connectivity index (χ3n) is 11.0. The van der Waals surface area contributed by atoms with Crippen molar-refractivity contribution in [1.29, 1.82) is 0 Å². The first-order valence-electron chi connectivity index (χ1n) is 18.5. The van der Waals surface area contributed by atoms with Gasteiger partial charge in [-0.3, -0.25) is 0 Å². The molecule has 0 aliphatic heterocycles. The fourth-order valence-corrected chi connectivity index (χ4v) is 9.80. The van der Waals surface area contributed by atoms with Crippen LogP contribution in [-0.2, 0) is 0 Å². The van der Waals surface area contributed by atoms with Crippen LogP contribution >= 0.6 is 11.3 Å². The molecule has 1 aromatic heterocycles. The molecule has 0 saturated heterocycles. The number of rotatable bonds is 5. The normalized spacial score (nSPS) is 11.7. The number of nitrogens with zero attached hydrogens (tertiary/aromatic N) is 1. The molecule has 0 bridgehead atoms. The number of benzene rings is 10. The van der Waals surface area contributed by atoms with Gasteiger partial charge in [-0.05, 0) is 90.3 Å². The van der Waals surface area contributed by atoms with Gasteiger partial charge in [0, 0.05) is 26.5 Å². The highest BCUT2D eigenvalue weighted by atomic mass is 32.1. The zero-order chi connectivity index (χ0) is 35.6. The standard InChI is InChI=1S/C52H33NS/c1-2-14-34(15-3-1)41-25-12-18-36-19-13-26-42(50(36)41)35-28-30-39(31-29-35)53(47-32-37-16-4-6-20-40(37)44-22-8-9-23-45(44)47)48-33-38-17-5-7-21-43(38)51-46-24-10-11-27-49(46)54-52(48)51/h1-33H. The Hall–Kier alpha value is -6.74. The van der Waals surface area contributed by atoms with E-state index in [0.717, 1.165) is 5.69 Å². The van der Waals surface area contributed by atoms with E-state index in [4.69, 9.17) is 0 Å². The van der Waals surface area contributed by atoms with Crippen molar-refractivity contribution in [2.75, 3.05) is 4.90 Å². The molecule has 0 fully saturated rings. The predicted molar refractivity (Wildman–Crippen MR) is 235 cm³/mol. The molecule has 10 aromatic carbocycles. The highest BCUT2D eigenvalue weighted by Gasteiger charge is 2.23. The molecule has 0 amide bonds. The second-order valence-corrected chi connectivity index (χ2v) is 15.1. The molecule has 1 heterocycles. The van der Waals surface area contributed by atoms with Gasteiger partial charge in [-0.15, -0.1) is 11.3 Å². The maximum absolute atomic E-state index is 2.52. The monoisotopic (exact) mass is 703 g/mol. The summed E-state index contributed by atoms with van der Waals surface area (Å²) in [4.78, 5) is 2.52. The lowest BCUT2D eigenvalue weighted by molar-refractivity contribution is 1.32. The average molecular weight is 704 g/mol. The summed E-state index contributed by atoms with van der Waals surface area (Å²) in [5.41, 5.74) is 8.39. The summed E-state index contributed by atoms with van der Waals surface area (Å²) >= 11 is 1.89. The Morgan fingerprint density at radius 2 is 0.870 bits per heavy atom. The van der Waals surface area contributed by atoms with Crippen LogP contribution in [0.2, 0.25) is 0 Å². The molecule has 0 aliphatic rings. The minimum atomic E-state index is 1.12. The molecule has 1 nitrogen and oxygen atoms in total. The highest BCUT2D eigenvalue weighted by Crippen LogP contribution is 2.50. The minimum absolute atomic E-state index is 1.12. The van der Waals surface area contributed by atoms with Crippen LogP contribution in [0.1, 0.15) is 0 Å². The van der Waals surface area contributed by atoms with Crippen molar-refractivity contribution in [3.63, 3.8) is 0 Å². The van der Waals surface area contributed by atoms with Gasteiger partial charge in [0.1, 0.15) is 0 Å². The predicted octanol–water partition coefficient (Wildman–Crippen LogP) is 15.5. The number of thiophene rings is 1. The largest absolute Gasteiger partial charge is 0.308 e. The minimum Gasteiger partial charge on any atom is -0.308 e. The molecule has 11 aromatic rings. The fraction of sp³-hybridized carbons (Fsp3) is 0. The van der Waals surface area contributed by atoms with Crippen molar-refractivity contribution in [2.45, 2.75) is 0 Å². The van der Waals surface area contributed by atoms with Gasteiger partial charge >= 0.3 is 0 Å². The van der Waals surface area contributed by atoms with E-state index in [1.807, 2.05) is 11.3 Å². The Morgan fingerprint density at radius 1 is 0.333 bits per heavy atom. The molecular weight excluding hydrogens is 671 g/mol. The lowest BCUT2D eigenvalue weighted by Gasteiger charge is -2.29. The van der Waals surface area contributed by atoms with Gasteiger partial charge < -0.3 is 4.90 Å². The van der Waals surface area contributed by atoms with Crippen LogP contribution in [-0.4, -0.2) is 0 Å². The molecule has 11 rings (SSSR count). The smallest absolute Gasteiger partial charge is 0.0647 e. The van der Waals surface area contributed by atoms with Crippen molar-refractivity contribution >= 4 is 91.7 Å². The maximum Gasteiger partial charge on any atom is 0.0647 e. The third kappa shape index (κ3) is 4.85. The van der Waals surface area contributed by atoms with Crippen LogP contribution < -0.4 is 4.90 Å². The number of hydrogen-bond acceptors (Lipinski definition) is 2. The Balaban J connectivity index is 1.19. The molecule has 0 unspecified atom stereocenters. The Morgan fingerprint density at radius 3 is 1.61 bits per heavy atom. The maximum atomic E-state index is 2.52. The van der Waals surface area contributed by atoms with E-state index in [2.05, 4.69) is 205 Å². The van der Waals surface area contributed by atoms with Gasteiger partial charge in [0.15, 0.2) is 0 Å². The quantitative estimate of drug-likeness (QED) is 0.161. The average Bonchev–Trinajstić information content (AvgIpc) is 3.64. The Labute approximate surface area is 317 Å². The van der Waals surface area contributed by atoms with Crippen molar-refractivity contribution in [3.8, 4) is 22.3 Å². The molecule has 252 valence electrons. The fourth-order valence-electron chi connectivity index (χ4n) is 8.58.